The summed E-state index contributed by atoms with van der Waals surface area (Å²) in [5, 5.41) is 8.26. The SMILES string of the molecule is Cc1cc(Nc2ncc(Cl)c(Nc3ccccc3S(=O)(=O)C(C)C)n2)c(OC(C)C)cc1C1CCN(Cc2cc(F)c3c(c2)CN(C2CCC(=O)NC2=O)C3=O)CC1. The van der Waals surface area contributed by atoms with Crippen molar-refractivity contribution < 1.29 is 31.9 Å². The Balaban J connectivity index is 1.03. The van der Waals surface area contributed by atoms with Crippen LogP contribution in [0.1, 0.15) is 91.9 Å². The fourth-order valence-electron chi connectivity index (χ4n) is 7.90. The molecule has 16 heteroatoms. The molecule has 0 radical (unpaired) electrons. The molecule has 0 spiro atoms. The summed E-state index contributed by atoms with van der Waals surface area (Å²) in [5.74, 6) is -0.648. The fourth-order valence-corrected chi connectivity index (χ4v) is 9.24. The number of nitrogens with zero attached hydrogens (tertiary/aromatic N) is 4. The van der Waals surface area contributed by atoms with E-state index in [0.717, 1.165) is 37.1 Å². The van der Waals surface area contributed by atoms with Gasteiger partial charge < -0.3 is 20.3 Å². The highest BCUT2D eigenvalue weighted by Crippen LogP contribution is 2.39. The number of sulfone groups is 1. The number of aromatic nitrogens is 2. The monoisotopic (exact) mass is 831 g/mol. The van der Waals surface area contributed by atoms with Crippen molar-refractivity contribution in [3.63, 3.8) is 0 Å². The molecule has 4 aromatic rings. The Morgan fingerprint density at radius 2 is 1.74 bits per heavy atom. The van der Waals surface area contributed by atoms with Crippen molar-refractivity contribution >= 4 is 62.3 Å². The normalized spacial score (nSPS) is 17.8. The van der Waals surface area contributed by atoms with Crippen LogP contribution in [0.15, 0.2) is 59.6 Å². The van der Waals surface area contributed by atoms with Crippen molar-refractivity contribution in [3.8, 4) is 5.75 Å². The van der Waals surface area contributed by atoms with Gasteiger partial charge in [0.15, 0.2) is 15.7 Å². The van der Waals surface area contributed by atoms with Crippen molar-refractivity contribution in [1.29, 1.82) is 0 Å². The van der Waals surface area contributed by atoms with Gasteiger partial charge in [0.05, 0.1) is 39.4 Å². The summed E-state index contributed by atoms with van der Waals surface area (Å²) in [6.07, 6.45) is 3.42. The maximum absolute atomic E-state index is 15.4. The molecule has 0 bridgehead atoms. The summed E-state index contributed by atoms with van der Waals surface area (Å²) in [5.41, 5.74) is 4.56. The smallest absolute Gasteiger partial charge is 0.258 e. The van der Waals surface area contributed by atoms with Crippen molar-refractivity contribution in [1.82, 2.24) is 25.1 Å². The number of carbonyl (C=O) groups excluding carboxylic acids is 3. The average Bonchev–Trinajstić information content (AvgIpc) is 3.50. The van der Waals surface area contributed by atoms with E-state index < -0.39 is 38.8 Å². The minimum atomic E-state index is -3.59. The number of aryl methyl sites for hydroxylation is 1. The molecule has 2 fully saturated rings. The summed E-state index contributed by atoms with van der Waals surface area (Å²) >= 11 is 6.50. The minimum Gasteiger partial charge on any atom is -0.489 e. The van der Waals surface area contributed by atoms with Crippen LogP contribution in [0.4, 0.5) is 27.5 Å². The number of fused-ring (bicyclic) bond motifs is 1. The van der Waals surface area contributed by atoms with Gasteiger partial charge in [0.25, 0.3) is 5.91 Å². The van der Waals surface area contributed by atoms with E-state index in [1.54, 1.807) is 38.1 Å². The highest BCUT2D eigenvalue weighted by atomic mass is 35.5. The molecule has 306 valence electrons. The van der Waals surface area contributed by atoms with Gasteiger partial charge in [0.1, 0.15) is 22.6 Å². The lowest BCUT2D eigenvalue weighted by Crippen LogP contribution is -2.52. The van der Waals surface area contributed by atoms with Crippen LogP contribution < -0.4 is 20.7 Å². The molecule has 0 aliphatic carbocycles. The first-order valence-corrected chi connectivity index (χ1v) is 21.4. The summed E-state index contributed by atoms with van der Waals surface area (Å²) in [6.45, 7) is 11.4. The van der Waals surface area contributed by atoms with Gasteiger partial charge in [-0.25, -0.2) is 17.8 Å². The third-order valence-electron chi connectivity index (χ3n) is 10.9. The number of para-hydroxylation sites is 1. The Labute approximate surface area is 342 Å². The number of nitrogens with one attached hydrogen (secondary N) is 3. The van der Waals surface area contributed by atoms with Crippen molar-refractivity contribution in [2.75, 3.05) is 23.7 Å². The average molecular weight is 832 g/mol. The molecule has 3 aliphatic rings. The molecule has 7 rings (SSSR count). The summed E-state index contributed by atoms with van der Waals surface area (Å²) < 4.78 is 47.9. The highest BCUT2D eigenvalue weighted by molar-refractivity contribution is 7.92. The van der Waals surface area contributed by atoms with Gasteiger partial charge in [-0.1, -0.05) is 29.8 Å². The number of piperidine rings is 2. The minimum absolute atomic E-state index is 0.000208. The van der Waals surface area contributed by atoms with E-state index in [4.69, 9.17) is 16.3 Å². The lowest BCUT2D eigenvalue weighted by atomic mass is 9.86. The van der Waals surface area contributed by atoms with E-state index in [9.17, 15) is 22.8 Å². The molecule has 3 aromatic carbocycles. The van der Waals surface area contributed by atoms with Crippen LogP contribution in [0.3, 0.4) is 0 Å². The van der Waals surface area contributed by atoms with Crippen LogP contribution in [-0.4, -0.2) is 76.4 Å². The molecule has 0 saturated carbocycles. The van der Waals surface area contributed by atoms with Crippen molar-refractivity contribution in [2.24, 2.45) is 0 Å². The van der Waals surface area contributed by atoms with Crippen molar-refractivity contribution in [2.45, 2.75) is 102 Å². The summed E-state index contributed by atoms with van der Waals surface area (Å²) in [7, 11) is -3.59. The van der Waals surface area contributed by atoms with Gasteiger partial charge in [0, 0.05) is 19.5 Å². The molecule has 1 atom stereocenters. The number of rotatable bonds is 12. The molecular formula is C42H47ClFN7O6S. The number of carbonyl (C=O) groups is 3. The van der Waals surface area contributed by atoms with Crippen LogP contribution >= 0.6 is 11.6 Å². The van der Waals surface area contributed by atoms with Gasteiger partial charge in [-0.3, -0.25) is 24.6 Å². The molecule has 3 amide bonds. The molecule has 2 saturated heterocycles. The zero-order valence-electron chi connectivity index (χ0n) is 33.1. The predicted octanol–water partition coefficient (Wildman–Crippen LogP) is 7.17. The zero-order valence-corrected chi connectivity index (χ0v) is 34.6. The van der Waals surface area contributed by atoms with Crippen LogP contribution in [-0.2, 0) is 32.5 Å². The zero-order chi connectivity index (χ0) is 41.5. The number of hydrogen-bond acceptors (Lipinski definition) is 11. The highest BCUT2D eigenvalue weighted by Gasteiger charge is 2.40. The molecule has 4 heterocycles. The first-order chi connectivity index (χ1) is 27.6. The number of hydrogen-bond donors (Lipinski definition) is 3. The second-order valence-corrected chi connectivity index (χ2v) is 18.5. The van der Waals surface area contributed by atoms with Crippen LogP contribution in [0, 0.1) is 12.7 Å². The molecule has 3 aliphatic heterocycles. The largest absolute Gasteiger partial charge is 0.489 e. The molecule has 58 heavy (non-hydrogen) atoms. The molecule has 1 aromatic heterocycles. The molecule has 3 N–H and O–H groups in total. The fraction of sp³-hybridized carbons (Fsp3) is 0.405. The Hall–Kier alpha value is -5.12. The van der Waals surface area contributed by atoms with E-state index >= 15 is 4.39 Å². The molecule has 13 nitrogen and oxygen atoms in total. The quantitative estimate of drug-likeness (QED) is 0.124. The lowest BCUT2D eigenvalue weighted by Gasteiger charge is -2.33. The number of benzene rings is 3. The molecule has 1 unspecified atom stereocenters. The number of anilines is 4. The second-order valence-electron chi connectivity index (χ2n) is 15.7. The lowest BCUT2D eigenvalue weighted by molar-refractivity contribution is -0.136. The Morgan fingerprint density at radius 3 is 2.45 bits per heavy atom. The van der Waals surface area contributed by atoms with E-state index in [1.807, 2.05) is 26.0 Å². The van der Waals surface area contributed by atoms with E-state index in [1.165, 1.54) is 22.7 Å². The van der Waals surface area contributed by atoms with Gasteiger partial charge in [-0.05, 0) is 125 Å². The van der Waals surface area contributed by atoms with Crippen LogP contribution in [0.5, 0.6) is 5.75 Å². The van der Waals surface area contributed by atoms with Crippen LogP contribution in [0.2, 0.25) is 5.02 Å². The number of imide groups is 1. The predicted molar refractivity (Wildman–Crippen MR) is 219 cm³/mol. The third-order valence-corrected chi connectivity index (χ3v) is 13.3. The van der Waals surface area contributed by atoms with Gasteiger partial charge in [0.2, 0.25) is 17.8 Å². The topological polar surface area (TPSA) is 163 Å². The maximum Gasteiger partial charge on any atom is 0.258 e. The number of likely N-dealkylation sites (tertiary alicyclic amines) is 1. The van der Waals surface area contributed by atoms with E-state index in [2.05, 4.69) is 43.8 Å². The summed E-state index contributed by atoms with van der Waals surface area (Å²) in [4.78, 5) is 50.1. The number of amides is 3. The second kappa shape index (κ2) is 16.6. The first kappa shape index (κ1) is 41.1. The van der Waals surface area contributed by atoms with Gasteiger partial charge in [-0.15, -0.1) is 0 Å². The number of halogens is 2. The summed E-state index contributed by atoms with van der Waals surface area (Å²) in [6, 6.07) is 13.2. The van der Waals surface area contributed by atoms with Crippen molar-refractivity contribution in [3.05, 3.63) is 93.4 Å². The maximum atomic E-state index is 15.4. The first-order valence-electron chi connectivity index (χ1n) is 19.5. The van der Waals surface area contributed by atoms with Crippen LogP contribution in [0.25, 0.3) is 0 Å². The van der Waals surface area contributed by atoms with Gasteiger partial charge in [-0.2, -0.15) is 4.98 Å². The Bertz CT molecular complexity index is 2390. The van der Waals surface area contributed by atoms with E-state index in [0.29, 0.717) is 29.2 Å². The molecular weight excluding hydrogens is 785 g/mol. The van der Waals surface area contributed by atoms with Gasteiger partial charge >= 0.3 is 0 Å². The standard InChI is InChI=1S/C42H47ClFN7O6S/c1-23(2)57-35-19-29(25(5)16-33(35)47-42-45-20-30(43)39(49-42)46-32-8-6-7-9-36(32)58(55,56)24(3)4)27-12-14-50(15-13-27)21-26-17-28-22-51(41(54)38(28)31(44)18-26)34-10-11-37(52)48-40(34)53/h6-9,16-20,23-24,27,34H,10-15,21-22H2,1-5H3,(H,48,52,53)(H2,45,46,47,49). The number of ether oxygens (including phenoxy) is 1. The van der Waals surface area contributed by atoms with E-state index in [-0.39, 0.29) is 64.6 Å². The Kier molecular flexibility index (Phi) is 11.8. The third kappa shape index (κ3) is 8.52. The Morgan fingerprint density at radius 1 is 1.00 bits per heavy atom.